The van der Waals surface area contributed by atoms with E-state index in [4.69, 9.17) is 23.2 Å². The van der Waals surface area contributed by atoms with Crippen LogP contribution in [0.1, 0.15) is 20.7 Å². The fraction of sp³-hybridized carbons (Fsp3) is 0.0833. The van der Waals surface area contributed by atoms with Crippen LogP contribution in [0.25, 0.3) is 0 Å². The fourth-order valence-corrected chi connectivity index (χ4v) is 1.94. The standard InChI is InChI=1S/C12H11ClN4O2/c13-10(16-15)5-7(14)6-17-11(18)8-3-1-2-4-9(8)12(17)19/h1-5H,6,14-15H2. The predicted octanol–water partition coefficient (Wildman–Crippen LogP) is 0.636. The molecule has 0 radical (unpaired) electrons. The highest BCUT2D eigenvalue weighted by Gasteiger charge is 2.35. The number of hydrazone groups is 1. The van der Waals surface area contributed by atoms with E-state index in [1.165, 1.54) is 6.08 Å². The maximum atomic E-state index is 12.0. The molecule has 0 aromatic heterocycles. The van der Waals surface area contributed by atoms with Gasteiger partial charge in [-0.25, -0.2) is 0 Å². The Labute approximate surface area is 114 Å². The van der Waals surface area contributed by atoms with Crippen LogP contribution in [-0.2, 0) is 0 Å². The second-order valence-electron chi connectivity index (χ2n) is 3.91. The Morgan fingerprint density at radius 2 is 1.79 bits per heavy atom. The Hall–Kier alpha value is -2.34. The van der Waals surface area contributed by atoms with E-state index in [1.807, 2.05) is 0 Å². The number of imide groups is 1. The summed E-state index contributed by atoms with van der Waals surface area (Å²) in [5.41, 5.74) is 6.65. The van der Waals surface area contributed by atoms with Gasteiger partial charge in [0.2, 0.25) is 0 Å². The molecular weight excluding hydrogens is 268 g/mol. The molecule has 6 nitrogen and oxygen atoms in total. The van der Waals surface area contributed by atoms with Gasteiger partial charge in [-0.1, -0.05) is 23.7 Å². The van der Waals surface area contributed by atoms with Gasteiger partial charge < -0.3 is 11.6 Å². The zero-order valence-electron chi connectivity index (χ0n) is 9.84. The van der Waals surface area contributed by atoms with E-state index in [0.29, 0.717) is 11.1 Å². The molecule has 19 heavy (non-hydrogen) atoms. The van der Waals surface area contributed by atoms with Crippen LogP contribution in [0.3, 0.4) is 0 Å². The van der Waals surface area contributed by atoms with Crippen LogP contribution in [-0.4, -0.2) is 28.4 Å². The summed E-state index contributed by atoms with van der Waals surface area (Å²) in [4.78, 5) is 25.1. The van der Waals surface area contributed by atoms with E-state index in [1.54, 1.807) is 24.3 Å². The van der Waals surface area contributed by atoms with Crippen LogP contribution < -0.4 is 11.6 Å². The Morgan fingerprint density at radius 3 is 2.26 bits per heavy atom. The molecule has 4 N–H and O–H groups in total. The third-order valence-corrected chi connectivity index (χ3v) is 2.85. The second-order valence-corrected chi connectivity index (χ2v) is 4.30. The maximum Gasteiger partial charge on any atom is 0.261 e. The van der Waals surface area contributed by atoms with Crippen LogP contribution in [0.2, 0.25) is 0 Å². The lowest BCUT2D eigenvalue weighted by atomic mass is 10.1. The van der Waals surface area contributed by atoms with Crippen molar-refractivity contribution < 1.29 is 9.59 Å². The minimum absolute atomic E-state index is 0.00545. The van der Waals surface area contributed by atoms with Crippen molar-refractivity contribution in [1.29, 1.82) is 0 Å². The highest BCUT2D eigenvalue weighted by atomic mass is 35.5. The molecule has 0 atom stereocenters. The minimum Gasteiger partial charge on any atom is -0.400 e. The van der Waals surface area contributed by atoms with E-state index in [9.17, 15) is 9.59 Å². The zero-order valence-corrected chi connectivity index (χ0v) is 10.6. The quantitative estimate of drug-likeness (QED) is 0.366. The Balaban J connectivity index is 2.24. The summed E-state index contributed by atoms with van der Waals surface area (Å²) < 4.78 is 0. The van der Waals surface area contributed by atoms with Crippen LogP contribution in [0.15, 0.2) is 41.1 Å². The van der Waals surface area contributed by atoms with Crippen LogP contribution in [0, 0.1) is 0 Å². The maximum absolute atomic E-state index is 12.0. The smallest absolute Gasteiger partial charge is 0.261 e. The Bertz CT molecular complexity index is 575. The monoisotopic (exact) mass is 278 g/mol. The number of nitrogens with zero attached hydrogens (tertiary/aromatic N) is 2. The molecule has 7 heteroatoms. The fourth-order valence-electron chi connectivity index (χ4n) is 1.80. The summed E-state index contributed by atoms with van der Waals surface area (Å²) >= 11 is 5.59. The molecule has 2 rings (SSSR count). The molecule has 2 amide bonds. The van der Waals surface area contributed by atoms with Crippen LogP contribution >= 0.6 is 11.6 Å². The molecule has 1 aliphatic rings. The Kier molecular flexibility index (Phi) is 3.52. The van der Waals surface area contributed by atoms with Crippen molar-refractivity contribution in [3.05, 3.63) is 47.2 Å². The number of carbonyl (C=O) groups excluding carboxylic acids is 2. The molecule has 1 aromatic carbocycles. The first-order valence-electron chi connectivity index (χ1n) is 5.39. The SMILES string of the molecule is NN=C(Cl)C=C(N)CN1C(=O)c2ccccc2C1=O. The van der Waals surface area contributed by atoms with E-state index >= 15 is 0 Å². The molecule has 0 spiro atoms. The summed E-state index contributed by atoms with van der Waals surface area (Å²) in [5.74, 6) is 4.21. The van der Waals surface area contributed by atoms with Crippen molar-refractivity contribution >= 4 is 28.6 Å². The van der Waals surface area contributed by atoms with Gasteiger partial charge in [0.15, 0.2) is 0 Å². The van der Waals surface area contributed by atoms with Gasteiger partial charge >= 0.3 is 0 Å². The largest absolute Gasteiger partial charge is 0.400 e. The second kappa shape index (κ2) is 5.11. The lowest BCUT2D eigenvalue weighted by Gasteiger charge is -2.13. The highest BCUT2D eigenvalue weighted by molar-refractivity contribution is 6.68. The van der Waals surface area contributed by atoms with Crippen molar-refractivity contribution in [1.82, 2.24) is 4.90 Å². The number of hydrogen-bond acceptors (Lipinski definition) is 5. The molecule has 1 aliphatic heterocycles. The van der Waals surface area contributed by atoms with Crippen molar-refractivity contribution in [2.24, 2.45) is 16.7 Å². The lowest BCUT2D eigenvalue weighted by Crippen LogP contribution is -2.33. The van der Waals surface area contributed by atoms with Gasteiger partial charge in [-0.05, 0) is 18.2 Å². The number of rotatable bonds is 3. The molecule has 0 bridgehead atoms. The van der Waals surface area contributed by atoms with Crippen molar-refractivity contribution in [3.63, 3.8) is 0 Å². The van der Waals surface area contributed by atoms with Crippen molar-refractivity contribution in [2.45, 2.75) is 0 Å². The highest BCUT2D eigenvalue weighted by Crippen LogP contribution is 2.22. The van der Waals surface area contributed by atoms with Crippen molar-refractivity contribution in [3.8, 4) is 0 Å². The van der Waals surface area contributed by atoms with E-state index in [-0.39, 0.29) is 29.2 Å². The lowest BCUT2D eigenvalue weighted by molar-refractivity contribution is 0.0667. The summed E-state index contributed by atoms with van der Waals surface area (Å²) in [7, 11) is 0. The third kappa shape index (κ3) is 2.43. The van der Waals surface area contributed by atoms with Crippen LogP contribution in [0.4, 0.5) is 0 Å². The average molecular weight is 279 g/mol. The summed E-state index contributed by atoms with van der Waals surface area (Å²) in [6.07, 6.45) is 1.30. The number of fused-ring (bicyclic) bond motifs is 1. The summed E-state index contributed by atoms with van der Waals surface area (Å²) in [5, 5.41) is 3.21. The number of allylic oxidation sites excluding steroid dienone is 1. The predicted molar refractivity (Wildman–Crippen MR) is 71.6 cm³/mol. The molecule has 0 saturated heterocycles. The zero-order chi connectivity index (χ0) is 14.0. The normalized spacial score (nSPS) is 15.9. The number of hydrogen-bond donors (Lipinski definition) is 2. The Morgan fingerprint density at radius 1 is 1.26 bits per heavy atom. The molecular formula is C12H11ClN4O2. The summed E-state index contributed by atoms with van der Waals surface area (Å²) in [6, 6.07) is 6.60. The first-order chi connectivity index (χ1) is 9.04. The van der Waals surface area contributed by atoms with E-state index < -0.39 is 0 Å². The summed E-state index contributed by atoms with van der Waals surface area (Å²) in [6.45, 7) is -0.0575. The third-order valence-electron chi connectivity index (χ3n) is 2.65. The number of halogens is 1. The van der Waals surface area contributed by atoms with Gasteiger partial charge in [-0.3, -0.25) is 14.5 Å². The van der Waals surface area contributed by atoms with Gasteiger partial charge in [-0.15, -0.1) is 0 Å². The molecule has 98 valence electrons. The van der Waals surface area contributed by atoms with Gasteiger partial charge in [-0.2, -0.15) is 5.10 Å². The molecule has 1 heterocycles. The van der Waals surface area contributed by atoms with Gasteiger partial charge in [0.25, 0.3) is 11.8 Å². The molecule has 0 unspecified atom stereocenters. The van der Waals surface area contributed by atoms with Gasteiger partial charge in [0, 0.05) is 5.70 Å². The number of carbonyl (C=O) groups is 2. The first-order valence-corrected chi connectivity index (χ1v) is 5.77. The molecule has 0 saturated carbocycles. The first kappa shape index (κ1) is 13.1. The topological polar surface area (TPSA) is 102 Å². The average Bonchev–Trinajstić information content (AvgIpc) is 2.64. The number of benzene rings is 1. The molecule has 1 aromatic rings. The number of nitrogens with two attached hydrogens (primary N) is 2. The molecule has 0 fully saturated rings. The van der Waals surface area contributed by atoms with Crippen molar-refractivity contribution in [2.75, 3.05) is 6.54 Å². The van der Waals surface area contributed by atoms with E-state index in [2.05, 4.69) is 5.10 Å². The van der Waals surface area contributed by atoms with Gasteiger partial charge in [0.05, 0.1) is 17.7 Å². The van der Waals surface area contributed by atoms with E-state index in [0.717, 1.165) is 4.90 Å². The minimum atomic E-state index is -0.377. The van der Waals surface area contributed by atoms with Crippen LogP contribution in [0.5, 0.6) is 0 Å². The van der Waals surface area contributed by atoms with Gasteiger partial charge in [0.1, 0.15) is 5.17 Å². The molecule has 0 aliphatic carbocycles. The number of amides is 2.